The lowest BCUT2D eigenvalue weighted by Gasteiger charge is -2.16. The van der Waals surface area contributed by atoms with Crippen molar-refractivity contribution in [3.63, 3.8) is 0 Å². The number of nitrogens with one attached hydrogen (secondary N) is 1. The van der Waals surface area contributed by atoms with Gasteiger partial charge < -0.3 is 5.73 Å². The van der Waals surface area contributed by atoms with E-state index >= 15 is 0 Å². The zero-order valence-electron chi connectivity index (χ0n) is 13.7. The van der Waals surface area contributed by atoms with Gasteiger partial charge in [0.1, 0.15) is 0 Å². The third-order valence-corrected chi connectivity index (χ3v) is 4.94. The highest BCUT2D eigenvalue weighted by Crippen LogP contribution is 2.37. The quantitative estimate of drug-likeness (QED) is 0.735. The first-order chi connectivity index (χ1) is 12.8. The summed E-state index contributed by atoms with van der Waals surface area (Å²) in [6.45, 7) is 0.104. The Kier molecular flexibility index (Phi) is 5.76. The van der Waals surface area contributed by atoms with E-state index in [2.05, 4.69) is 0 Å². The number of hydrogen-bond acceptors (Lipinski definition) is 4. The molecule has 0 aliphatic heterocycles. The highest BCUT2D eigenvalue weighted by Gasteiger charge is 2.40. The Balaban J connectivity index is 2.42. The maximum absolute atomic E-state index is 13.1. The van der Waals surface area contributed by atoms with Crippen molar-refractivity contribution in [2.24, 2.45) is 5.73 Å². The van der Waals surface area contributed by atoms with E-state index in [1.807, 2.05) is 0 Å². The van der Waals surface area contributed by atoms with Crippen LogP contribution in [-0.4, -0.2) is 14.3 Å². The third kappa shape index (κ3) is 4.81. The van der Waals surface area contributed by atoms with Crippen LogP contribution < -0.4 is 10.5 Å². The van der Waals surface area contributed by atoms with Crippen LogP contribution >= 0.6 is 0 Å². The van der Waals surface area contributed by atoms with Crippen LogP contribution in [0.1, 0.15) is 27.0 Å². The second-order valence-corrected chi connectivity index (χ2v) is 7.22. The van der Waals surface area contributed by atoms with Gasteiger partial charge in [0.15, 0.2) is 0 Å². The highest BCUT2D eigenvalue weighted by molar-refractivity contribution is 7.90. The van der Waals surface area contributed by atoms with Crippen LogP contribution in [0.25, 0.3) is 0 Å². The summed E-state index contributed by atoms with van der Waals surface area (Å²) in [5.74, 6) is -1.72. The summed E-state index contributed by atoms with van der Waals surface area (Å²) in [4.78, 5) is 11.7. The molecule has 28 heavy (non-hydrogen) atoms. The predicted octanol–water partition coefficient (Wildman–Crippen LogP) is 3.30. The van der Waals surface area contributed by atoms with Crippen LogP contribution in [0.15, 0.2) is 47.4 Å². The molecule has 0 saturated carbocycles. The van der Waals surface area contributed by atoms with Gasteiger partial charge in [-0.1, -0.05) is 12.1 Å². The van der Waals surface area contributed by atoms with Crippen LogP contribution in [-0.2, 0) is 28.9 Å². The lowest BCUT2D eigenvalue weighted by atomic mass is 10.0. The van der Waals surface area contributed by atoms with Gasteiger partial charge in [-0.3, -0.25) is 4.79 Å². The normalized spacial score (nSPS) is 12.7. The molecule has 0 bridgehead atoms. The molecule has 0 radical (unpaired) electrons. The highest BCUT2D eigenvalue weighted by atomic mass is 32.2. The smallest absolute Gasteiger partial charge is 0.326 e. The molecule has 0 heterocycles. The van der Waals surface area contributed by atoms with E-state index < -0.39 is 49.9 Å². The van der Waals surface area contributed by atoms with Crippen molar-refractivity contribution in [3.05, 3.63) is 64.7 Å². The molecule has 0 saturated heterocycles. The second-order valence-electron chi connectivity index (χ2n) is 5.54. The molecule has 5 nitrogen and oxygen atoms in total. The predicted molar refractivity (Wildman–Crippen MR) is 85.4 cm³/mol. The fraction of sp³-hybridized carbons (Fsp3) is 0.188. The first-order valence-corrected chi connectivity index (χ1v) is 8.88. The molecule has 0 unspecified atom stereocenters. The SMILES string of the molecule is NCc1ccc(S(=O)(=O)NC(=O)c2ccc(C(F)(F)F)cc2C(F)(F)F)cc1. The summed E-state index contributed by atoms with van der Waals surface area (Å²) in [6.07, 6.45) is -10.4. The van der Waals surface area contributed by atoms with Crippen molar-refractivity contribution in [2.75, 3.05) is 0 Å². The third-order valence-electron chi connectivity index (χ3n) is 3.59. The van der Waals surface area contributed by atoms with Gasteiger partial charge in [0.05, 0.1) is 21.6 Å². The van der Waals surface area contributed by atoms with Gasteiger partial charge in [0, 0.05) is 6.54 Å². The van der Waals surface area contributed by atoms with Crippen molar-refractivity contribution < 1.29 is 39.6 Å². The standard InChI is InChI=1S/C16H12F6N2O3S/c17-15(18,19)10-3-6-12(13(7-10)16(20,21)22)14(25)24-28(26,27)11-4-1-9(8-23)2-5-11/h1-7H,8,23H2,(H,24,25). The lowest BCUT2D eigenvalue weighted by molar-refractivity contribution is -0.143. The van der Waals surface area contributed by atoms with Gasteiger partial charge in [-0.25, -0.2) is 13.1 Å². The number of hydrogen-bond donors (Lipinski definition) is 2. The molecule has 12 heteroatoms. The first kappa shape index (κ1) is 21.7. The second kappa shape index (κ2) is 7.43. The number of rotatable bonds is 4. The summed E-state index contributed by atoms with van der Waals surface area (Å²) in [5.41, 5.74) is 1.12. The van der Waals surface area contributed by atoms with Gasteiger partial charge in [0.25, 0.3) is 15.9 Å². The fourth-order valence-corrected chi connectivity index (χ4v) is 3.16. The van der Waals surface area contributed by atoms with E-state index in [1.165, 1.54) is 16.9 Å². The van der Waals surface area contributed by atoms with Crippen LogP contribution in [0.3, 0.4) is 0 Å². The fourth-order valence-electron chi connectivity index (χ4n) is 2.19. The van der Waals surface area contributed by atoms with Crippen molar-refractivity contribution in [1.82, 2.24) is 4.72 Å². The Labute approximate surface area is 155 Å². The lowest BCUT2D eigenvalue weighted by Crippen LogP contribution is -2.32. The minimum atomic E-state index is -5.32. The molecule has 3 N–H and O–H groups in total. The molecule has 152 valence electrons. The van der Waals surface area contributed by atoms with Gasteiger partial charge in [-0.2, -0.15) is 26.3 Å². The number of sulfonamides is 1. The summed E-state index contributed by atoms with van der Waals surface area (Å²) in [5, 5.41) is 0. The molecule has 1 amide bonds. The van der Waals surface area contributed by atoms with Crippen LogP contribution in [0.4, 0.5) is 26.3 Å². The Hall–Kier alpha value is -2.60. The van der Waals surface area contributed by atoms with Crippen LogP contribution in [0.2, 0.25) is 0 Å². The monoisotopic (exact) mass is 426 g/mol. The molecule has 2 aromatic carbocycles. The van der Waals surface area contributed by atoms with E-state index in [9.17, 15) is 39.6 Å². The number of alkyl halides is 6. The van der Waals surface area contributed by atoms with Crippen molar-refractivity contribution in [2.45, 2.75) is 23.8 Å². The number of nitrogens with two attached hydrogens (primary N) is 1. The number of carbonyl (C=O) groups is 1. The van der Waals surface area contributed by atoms with Crippen molar-refractivity contribution in [1.29, 1.82) is 0 Å². The van der Waals surface area contributed by atoms with Crippen molar-refractivity contribution in [3.8, 4) is 0 Å². The zero-order valence-corrected chi connectivity index (χ0v) is 14.5. The number of amides is 1. The summed E-state index contributed by atoms with van der Waals surface area (Å²) < 4.78 is 103. The Morgan fingerprint density at radius 2 is 1.50 bits per heavy atom. The minimum absolute atomic E-state index is 0.104. The molecule has 2 aromatic rings. The van der Waals surface area contributed by atoms with E-state index in [-0.39, 0.29) is 24.7 Å². The average Bonchev–Trinajstić information content (AvgIpc) is 2.59. The molecule has 2 rings (SSSR count). The summed E-state index contributed by atoms with van der Waals surface area (Å²) >= 11 is 0. The van der Waals surface area contributed by atoms with Crippen molar-refractivity contribution >= 4 is 15.9 Å². The number of halogens is 6. The van der Waals surface area contributed by atoms with Gasteiger partial charge in [0.2, 0.25) is 0 Å². The molecule has 0 atom stereocenters. The van der Waals surface area contributed by atoms with E-state index in [0.29, 0.717) is 5.56 Å². The van der Waals surface area contributed by atoms with E-state index in [4.69, 9.17) is 5.73 Å². The number of benzene rings is 2. The number of carbonyl (C=O) groups excluding carboxylic acids is 1. The Bertz CT molecular complexity index is 983. The minimum Gasteiger partial charge on any atom is -0.326 e. The Morgan fingerprint density at radius 3 is 1.96 bits per heavy atom. The molecule has 0 fully saturated rings. The summed E-state index contributed by atoms with van der Waals surface area (Å²) in [6, 6.07) is 5.10. The first-order valence-electron chi connectivity index (χ1n) is 7.40. The average molecular weight is 426 g/mol. The van der Waals surface area contributed by atoms with E-state index in [1.54, 1.807) is 0 Å². The Morgan fingerprint density at radius 1 is 0.929 bits per heavy atom. The molecular weight excluding hydrogens is 414 g/mol. The van der Waals surface area contributed by atoms with E-state index in [0.717, 1.165) is 12.1 Å². The van der Waals surface area contributed by atoms with Crippen LogP contribution in [0.5, 0.6) is 0 Å². The van der Waals surface area contributed by atoms with Gasteiger partial charge in [-0.05, 0) is 35.9 Å². The maximum Gasteiger partial charge on any atom is 0.417 e. The topological polar surface area (TPSA) is 89.3 Å². The molecule has 0 aromatic heterocycles. The molecule has 0 spiro atoms. The zero-order chi connectivity index (χ0) is 21.3. The largest absolute Gasteiger partial charge is 0.417 e. The molecule has 0 aliphatic rings. The van der Waals surface area contributed by atoms with Gasteiger partial charge in [-0.15, -0.1) is 0 Å². The van der Waals surface area contributed by atoms with Crippen LogP contribution in [0, 0.1) is 0 Å². The summed E-state index contributed by atoms with van der Waals surface area (Å²) in [7, 11) is -4.56. The molecular formula is C16H12F6N2O3S. The molecule has 0 aliphatic carbocycles. The maximum atomic E-state index is 13.1. The van der Waals surface area contributed by atoms with Gasteiger partial charge >= 0.3 is 12.4 Å².